The third-order valence-electron chi connectivity index (χ3n) is 4.41. The molecular formula is C21H24ClN3O. The Labute approximate surface area is 158 Å². The molecule has 1 heterocycles. The van der Waals surface area contributed by atoms with Crippen LogP contribution in [0.3, 0.4) is 0 Å². The Balaban J connectivity index is 1.74. The second kappa shape index (κ2) is 7.22. The number of nitrogens with zero attached hydrogens (tertiary/aromatic N) is 2. The van der Waals surface area contributed by atoms with Crippen molar-refractivity contribution < 1.29 is 0 Å². The van der Waals surface area contributed by atoms with E-state index in [0.29, 0.717) is 28.3 Å². The van der Waals surface area contributed by atoms with Crippen LogP contribution in [-0.2, 0) is 18.5 Å². The van der Waals surface area contributed by atoms with Crippen LogP contribution in [0.1, 0.15) is 37.7 Å². The maximum absolute atomic E-state index is 12.2. The van der Waals surface area contributed by atoms with Crippen molar-refractivity contribution in [3.05, 3.63) is 74.8 Å². The molecule has 0 amide bonds. The van der Waals surface area contributed by atoms with Crippen molar-refractivity contribution in [1.29, 1.82) is 0 Å². The molecular weight excluding hydrogens is 346 g/mol. The summed E-state index contributed by atoms with van der Waals surface area (Å²) in [5, 5.41) is 1.13. The average molecular weight is 370 g/mol. The van der Waals surface area contributed by atoms with Gasteiger partial charge in [-0.1, -0.05) is 56.6 Å². The van der Waals surface area contributed by atoms with Crippen LogP contribution in [0.2, 0.25) is 5.02 Å². The van der Waals surface area contributed by atoms with Gasteiger partial charge in [0.1, 0.15) is 5.82 Å². The summed E-state index contributed by atoms with van der Waals surface area (Å²) in [4.78, 5) is 21.8. The third-order valence-corrected chi connectivity index (χ3v) is 4.64. The van der Waals surface area contributed by atoms with Gasteiger partial charge in [0.05, 0.1) is 17.4 Å². The summed E-state index contributed by atoms with van der Waals surface area (Å²) in [6.07, 6.45) is 0. The summed E-state index contributed by atoms with van der Waals surface area (Å²) in [5.41, 5.74) is 3.19. The van der Waals surface area contributed by atoms with Gasteiger partial charge in [0.25, 0.3) is 5.56 Å². The van der Waals surface area contributed by atoms with Crippen molar-refractivity contribution in [2.24, 2.45) is 0 Å². The zero-order valence-electron chi connectivity index (χ0n) is 15.6. The summed E-state index contributed by atoms with van der Waals surface area (Å²) in [7, 11) is 2.01. The minimum atomic E-state index is -0.135. The first-order chi connectivity index (χ1) is 12.2. The highest BCUT2D eigenvalue weighted by Crippen LogP contribution is 2.22. The molecule has 0 bridgehead atoms. The Hall–Kier alpha value is -2.17. The number of H-pyrrole nitrogens is 1. The Kier molecular flexibility index (Phi) is 5.17. The van der Waals surface area contributed by atoms with E-state index in [0.717, 1.165) is 6.54 Å². The molecule has 1 aromatic heterocycles. The number of fused-ring (bicyclic) bond motifs is 1. The van der Waals surface area contributed by atoms with Gasteiger partial charge >= 0.3 is 0 Å². The molecule has 0 saturated carbocycles. The number of hydrogen-bond acceptors (Lipinski definition) is 3. The first kappa shape index (κ1) is 18.6. The maximum Gasteiger partial charge on any atom is 0.258 e. The van der Waals surface area contributed by atoms with Crippen LogP contribution in [0.4, 0.5) is 0 Å². The summed E-state index contributed by atoms with van der Waals surface area (Å²) in [6.45, 7) is 7.97. The lowest BCUT2D eigenvalue weighted by Gasteiger charge is -2.20. The van der Waals surface area contributed by atoms with Gasteiger partial charge in [0, 0.05) is 11.6 Å². The van der Waals surface area contributed by atoms with E-state index in [1.54, 1.807) is 18.2 Å². The molecule has 3 aromatic rings. The van der Waals surface area contributed by atoms with Gasteiger partial charge in [-0.15, -0.1) is 0 Å². The van der Waals surface area contributed by atoms with E-state index < -0.39 is 0 Å². The van der Waals surface area contributed by atoms with Crippen molar-refractivity contribution in [2.75, 3.05) is 7.05 Å². The number of nitrogens with one attached hydrogen (secondary N) is 1. The van der Waals surface area contributed by atoms with E-state index in [1.165, 1.54) is 11.1 Å². The number of hydrogen-bond donors (Lipinski definition) is 1. The Morgan fingerprint density at radius 1 is 1.08 bits per heavy atom. The smallest absolute Gasteiger partial charge is 0.258 e. The van der Waals surface area contributed by atoms with Gasteiger partial charge < -0.3 is 4.98 Å². The van der Waals surface area contributed by atoms with Crippen molar-refractivity contribution in [3.8, 4) is 0 Å². The molecule has 0 aliphatic carbocycles. The molecule has 2 aromatic carbocycles. The minimum absolute atomic E-state index is 0.135. The summed E-state index contributed by atoms with van der Waals surface area (Å²) >= 11 is 6.02. The Morgan fingerprint density at radius 3 is 2.42 bits per heavy atom. The van der Waals surface area contributed by atoms with Gasteiger partial charge in [0.2, 0.25) is 0 Å². The lowest BCUT2D eigenvalue weighted by atomic mass is 9.87. The number of halogens is 1. The largest absolute Gasteiger partial charge is 0.309 e. The molecule has 0 fully saturated rings. The fourth-order valence-corrected chi connectivity index (χ4v) is 3.14. The number of benzene rings is 2. The Morgan fingerprint density at radius 2 is 1.77 bits per heavy atom. The molecule has 0 radical (unpaired) electrons. The molecule has 4 nitrogen and oxygen atoms in total. The van der Waals surface area contributed by atoms with Crippen LogP contribution >= 0.6 is 11.6 Å². The number of aromatic amines is 1. The Bertz CT molecular complexity index is 971. The predicted octanol–water partition coefficient (Wildman–Crippen LogP) is 4.51. The van der Waals surface area contributed by atoms with E-state index >= 15 is 0 Å². The van der Waals surface area contributed by atoms with Crippen LogP contribution in [0.5, 0.6) is 0 Å². The van der Waals surface area contributed by atoms with E-state index in [1.807, 2.05) is 7.05 Å². The normalized spacial score (nSPS) is 12.1. The van der Waals surface area contributed by atoms with Crippen LogP contribution in [0, 0.1) is 0 Å². The standard InChI is InChI=1S/C21H24ClN3O/c1-21(2,3)15-7-5-14(6-8-15)12-25(4)13-19-23-18-11-16(22)9-10-17(18)20(26)24-19/h5-11H,12-13H2,1-4H3,(H,23,24,26). The number of rotatable bonds is 4. The van der Waals surface area contributed by atoms with E-state index in [4.69, 9.17) is 11.6 Å². The highest BCUT2D eigenvalue weighted by Gasteiger charge is 2.13. The minimum Gasteiger partial charge on any atom is -0.309 e. The zero-order chi connectivity index (χ0) is 18.9. The van der Waals surface area contributed by atoms with Gasteiger partial charge in [-0.2, -0.15) is 0 Å². The highest BCUT2D eigenvalue weighted by atomic mass is 35.5. The second-order valence-corrected chi connectivity index (χ2v) is 8.23. The maximum atomic E-state index is 12.2. The van der Waals surface area contributed by atoms with Crippen molar-refractivity contribution in [2.45, 2.75) is 39.3 Å². The lowest BCUT2D eigenvalue weighted by molar-refractivity contribution is 0.310. The molecule has 1 N–H and O–H groups in total. The van der Waals surface area contributed by atoms with Crippen molar-refractivity contribution in [1.82, 2.24) is 14.9 Å². The molecule has 0 atom stereocenters. The van der Waals surface area contributed by atoms with Gasteiger partial charge in [0.15, 0.2) is 0 Å². The SMILES string of the molecule is CN(Cc1ccc(C(C)(C)C)cc1)Cc1nc2cc(Cl)ccc2c(=O)[nH]1. The molecule has 0 spiro atoms. The van der Waals surface area contributed by atoms with Crippen LogP contribution in [0.15, 0.2) is 47.3 Å². The molecule has 136 valence electrons. The van der Waals surface area contributed by atoms with E-state index in [9.17, 15) is 4.79 Å². The van der Waals surface area contributed by atoms with Crippen molar-refractivity contribution in [3.63, 3.8) is 0 Å². The van der Waals surface area contributed by atoms with Crippen molar-refractivity contribution >= 4 is 22.5 Å². The van der Waals surface area contributed by atoms with E-state index in [2.05, 4.69) is 59.9 Å². The number of aromatic nitrogens is 2. The predicted molar refractivity (Wildman–Crippen MR) is 108 cm³/mol. The van der Waals surface area contributed by atoms with Gasteiger partial charge in [-0.05, 0) is 41.8 Å². The first-order valence-corrected chi connectivity index (χ1v) is 9.06. The second-order valence-electron chi connectivity index (χ2n) is 7.79. The van der Waals surface area contributed by atoms with Crippen LogP contribution in [-0.4, -0.2) is 21.9 Å². The summed E-state index contributed by atoms with van der Waals surface area (Å²) in [5.74, 6) is 0.638. The van der Waals surface area contributed by atoms with Gasteiger partial charge in [-0.3, -0.25) is 9.69 Å². The molecule has 0 aliphatic heterocycles. The monoisotopic (exact) mass is 369 g/mol. The fraction of sp³-hybridized carbons (Fsp3) is 0.333. The van der Waals surface area contributed by atoms with Crippen LogP contribution in [0.25, 0.3) is 10.9 Å². The fourth-order valence-electron chi connectivity index (χ4n) is 2.97. The quantitative estimate of drug-likeness (QED) is 0.736. The zero-order valence-corrected chi connectivity index (χ0v) is 16.4. The van der Waals surface area contributed by atoms with Gasteiger partial charge in [-0.25, -0.2) is 4.98 Å². The van der Waals surface area contributed by atoms with E-state index in [-0.39, 0.29) is 11.0 Å². The third kappa shape index (κ3) is 4.32. The molecule has 26 heavy (non-hydrogen) atoms. The molecule has 5 heteroatoms. The molecule has 0 aliphatic rings. The topological polar surface area (TPSA) is 49.0 Å². The first-order valence-electron chi connectivity index (χ1n) is 8.69. The molecule has 3 rings (SSSR count). The average Bonchev–Trinajstić information content (AvgIpc) is 2.53. The summed E-state index contributed by atoms with van der Waals surface area (Å²) < 4.78 is 0. The molecule has 0 unspecified atom stereocenters. The highest BCUT2D eigenvalue weighted by molar-refractivity contribution is 6.31. The summed E-state index contributed by atoms with van der Waals surface area (Å²) in [6, 6.07) is 13.8. The lowest BCUT2D eigenvalue weighted by Crippen LogP contribution is -2.22. The van der Waals surface area contributed by atoms with Crippen LogP contribution < -0.4 is 5.56 Å². The molecule has 0 saturated heterocycles.